The molecule has 106 valence electrons. The van der Waals surface area contributed by atoms with E-state index in [1.54, 1.807) is 17.1 Å². The van der Waals surface area contributed by atoms with Crippen molar-refractivity contribution >= 4 is 17.5 Å². The highest BCUT2D eigenvalue weighted by atomic mass is 35.5. The molecule has 0 aliphatic heterocycles. The van der Waals surface area contributed by atoms with Gasteiger partial charge < -0.3 is 5.32 Å². The Balaban J connectivity index is 1.79. The van der Waals surface area contributed by atoms with Crippen LogP contribution < -0.4 is 5.32 Å². The molecule has 1 aliphatic rings. The Morgan fingerprint density at radius 1 is 1.30 bits per heavy atom. The van der Waals surface area contributed by atoms with Crippen molar-refractivity contribution in [3.63, 3.8) is 0 Å². The molecule has 2 heterocycles. The molecule has 1 N–H and O–H groups in total. The summed E-state index contributed by atoms with van der Waals surface area (Å²) >= 11 is 5.97. The predicted octanol–water partition coefficient (Wildman–Crippen LogP) is 2.70. The van der Waals surface area contributed by atoms with E-state index < -0.39 is 0 Å². The minimum Gasteiger partial charge on any atom is -0.351 e. The Labute approximate surface area is 122 Å². The monoisotopic (exact) mass is 292 g/mol. The van der Waals surface area contributed by atoms with Crippen molar-refractivity contribution in [2.45, 2.75) is 38.6 Å². The summed E-state index contributed by atoms with van der Waals surface area (Å²) < 4.78 is 1.57. The van der Waals surface area contributed by atoms with Crippen LogP contribution in [0.1, 0.15) is 32.6 Å². The van der Waals surface area contributed by atoms with Crippen LogP contribution in [0.15, 0.2) is 18.5 Å². The molecule has 2 unspecified atom stereocenters. The molecule has 1 fully saturated rings. The molecule has 0 saturated heterocycles. The van der Waals surface area contributed by atoms with Crippen LogP contribution in [-0.4, -0.2) is 30.8 Å². The van der Waals surface area contributed by atoms with Crippen LogP contribution in [0.25, 0.3) is 5.95 Å². The molecule has 0 spiro atoms. The lowest BCUT2D eigenvalue weighted by Crippen LogP contribution is -2.27. The average molecular weight is 293 g/mol. The Morgan fingerprint density at radius 2 is 2.20 bits per heavy atom. The lowest BCUT2D eigenvalue weighted by atomic mass is 9.87. The number of hydrogen-bond acceptors (Lipinski definition) is 5. The smallest absolute Gasteiger partial charge is 0.256 e. The summed E-state index contributed by atoms with van der Waals surface area (Å²) in [5.74, 6) is 1.69. The van der Waals surface area contributed by atoms with Crippen LogP contribution in [0.2, 0.25) is 5.28 Å². The second-order valence-electron chi connectivity index (χ2n) is 5.29. The molecule has 0 aromatic carbocycles. The summed E-state index contributed by atoms with van der Waals surface area (Å²) in [5, 5.41) is 7.65. The van der Waals surface area contributed by atoms with Crippen LogP contribution in [0.4, 0.5) is 5.95 Å². The van der Waals surface area contributed by atoms with Gasteiger partial charge in [-0.3, -0.25) is 0 Å². The van der Waals surface area contributed by atoms with Gasteiger partial charge in [0.15, 0.2) is 0 Å². The maximum absolute atomic E-state index is 5.97. The molecule has 6 nitrogen and oxygen atoms in total. The summed E-state index contributed by atoms with van der Waals surface area (Å²) in [6.45, 7) is 2.28. The summed E-state index contributed by atoms with van der Waals surface area (Å²) in [7, 11) is 0. The zero-order chi connectivity index (χ0) is 13.9. The molecule has 1 saturated carbocycles. The summed E-state index contributed by atoms with van der Waals surface area (Å²) in [5.41, 5.74) is 0. The van der Waals surface area contributed by atoms with Gasteiger partial charge in [-0.25, -0.2) is 4.68 Å². The van der Waals surface area contributed by atoms with E-state index in [4.69, 9.17) is 11.6 Å². The fourth-order valence-corrected chi connectivity index (χ4v) is 2.80. The van der Waals surface area contributed by atoms with Gasteiger partial charge in [0.2, 0.25) is 11.2 Å². The molecule has 1 aliphatic carbocycles. The zero-order valence-corrected chi connectivity index (χ0v) is 12.1. The van der Waals surface area contributed by atoms with Crippen molar-refractivity contribution in [2.75, 3.05) is 5.32 Å². The first-order valence-electron chi connectivity index (χ1n) is 6.89. The number of hydrogen-bond donors (Lipinski definition) is 1. The molecule has 0 radical (unpaired) electrons. The van der Waals surface area contributed by atoms with E-state index in [0.29, 0.717) is 17.9 Å². The van der Waals surface area contributed by atoms with Crippen LogP contribution in [-0.2, 0) is 0 Å². The highest BCUT2D eigenvalue weighted by Gasteiger charge is 2.20. The van der Waals surface area contributed by atoms with Gasteiger partial charge in [0.05, 0.1) is 0 Å². The fourth-order valence-electron chi connectivity index (χ4n) is 2.64. The summed E-state index contributed by atoms with van der Waals surface area (Å²) in [6.07, 6.45) is 8.27. The van der Waals surface area contributed by atoms with Crippen LogP contribution in [0.3, 0.4) is 0 Å². The van der Waals surface area contributed by atoms with Gasteiger partial charge in [0.1, 0.15) is 0 Å². The highest BCUT2D eigenvalue weighted by molar-refractivity contribution is 6.28. The van der Waals surface area contributed by atoms with E-state index in [-0.39, 0.29) is 5.28 Å². The normalized spacial score (nSPS) is 22.7. The first-order chi connectivity index (χ1) is 9.70. The number of rotatable bonds is 3. The molecule has 20 heavy (non-hydrogen) atoms. The highest BCUT2D eigenvalue weighted by Crippen LogP contribution is 2.25. The largest absolute Gasteiger partial charge is 0.351 e. The van der Waals surface area contributed by atoms with E-state index >= 15 is 0 Å². The average Bonchev–Trinajstić information content (AvgIpc) is 2.91. The second-order valence-corrected chi connectivity index (χ2v) is 5.63. The number of anilines is 1. The van der Waals surface area contributed by atoms with Crippen LogP contribution >= 0.6 is 11.6 Å². The first kappa shape index (κ1) is 13.3. The molecule has 2 aromatic heterocycles. The Hall–Kier alpha value is -1.69. The lowest BCUT2D eigenvalue weighted by Gasteiger charge is -2.27. The molecular formula is C13H17ClN6. The van der Waals surface area contributed by atoms with Gasteiger partial charge in [-0.2, -0.15) is 20.1 Å². The maximum atomic E-state index is 5.97. The molecule has 0 amide bonds. The number of nitrogens with one attached hydrogen (secondary N) is 1. The topological polar surface area (TPSA) is 68.5 Å². The number of nitrogens with zero attached hydrogens (tertiary/aromatic N) is 5. The second kappa shape index (κ2) is 5.75. The van der Waals surface area contributed by atoms with Crippen molar-refractivity contribution in [2.24, 2.45) is 5.92 Å². The van der Waals surface area contributed by atoms with E-state index in [1.807, 2.05) is 6.07 Å². The minimum atomic E-state index is 0.178. The lowest BCUT2D eigenvalue weighted by molar-refractivity contribution is 0.357. The standard InChI is InChI=1S/C13H17ClN6/c1-9-4-2-5-10(8-9)16-12-17-11(14)18-13(19-12)20-7-3-6-15-20/h3,6-7,9-10H,2,4-5,8H2,1H3,(H,16,17,18,19). The van der Waals surface area contributed by atoms with Gasteiger partial charge in [-0.1, -0.05) is 19.8 Å². The Morgan fingerprint density at radius 3 is 2.95 bits per heavy atom. The van der Waals surface area contributed by atoms with Crippen molar-refractivity contribution in [1.82, 2.24) is 24.7 Å². The van der Waals surface area contributed by atoms with Crippen LogP contribution in [0.5, 0.6) is 0 Å². The fraction of sp³-hybridized carbons (Fsp3) is 0.538. The third-order valence-electron chi connectivity index (χ3n) is 3.58. The molecule has 7 heteroatoms. The van der Waals surface area contributed by atoms with E-state index in [0.717, 1.165) is 18.8 Å². The molecule has 3 rings (SSSR count). The molecule has 2 aromatic rings. The SMILES string of the molecule is CC1CCCC(Nc2nc(Cl)nc(-n3cccn3)n2)C1. The van der Waals surface area contributed by atoms with Crippen molar-refractivity contribution in [1.29, 1.82) is 0 Å². The van der Waals surface area contributed by atoms with Gasteiger partial charge >= 0.3 is 0 Å². The van der Waals surface area contributed by atoms with Gasteiger partial charge in [-0.05, 0) is 36.4 Å². The van der Waals surface area contributed by atoms with Crippen molar-refractivity contribution in [3.8, 4) is 5.95 Å². The number of halogens is 1. The Kier molecular flexibility index (Phi) is 3.82. The molecular weight excluding hydrogens is 276 g/mol. The van der Waals surface area contributed by atoms with Gasteiger partial charge in [-0.15, -0.1) is 0 Å². The number of aromatic nitrogens is 5. The first-order valence-corrected chi connectivity index (χ1v) is 7.26. The summed E-state index contributed by atoms with van der Waals surface area (Å²) in [4.78, 5) is 12.6. The van der Waals surface area contributed by atoms with Crippen molar-refractivity contribution < 1.29 is 0 Å². The third-order valence-corrected chi connectivity index (χ3v) is 3.74. The Bertz CT molecular complexity index is 570. The quantitative estimate of drug-likeness (QED) is 0.942. The minimum absolute atomic E-state index is 0.178. The van der Waals surface area contributed by atoms with E-state index in [2.05, 4.69) is 32.3 Å². The maximum Gasteiger partial charge on any atom is 0.256 e. The van der Waals surface area contributed by atoms with Gasteiger partial charge in [0, 0.05) is 18.4 Å². The van der Waals surface area contributed by atoms with E-state index in [1.165, 1.54) is 12.8 Å². The van der Waals surface area contributed by atoms with Crippen molar-refractivity contribution in [3.05, 3.63) is 23.7 Å². The zero-order valence-electron chi connectivity index (χ0n) is 11.3. The predicted molar refractivity (Wildman–Crippen MR) is 77.0 cm³/mol. The van der Waals surface area contributed by atoms with E-state index in [9.17, 15) is 0 Å². The molecule has 0 bridgehead atoms. The van der Waals surface area contributed by atoms with Gasteiger partial charge in [0.25, 0.3) is 5.95 Å². The summed E-state index contributed by atoms with van der Waals surface area (Å²) in [6, 6.07) is 2.22. The third kappa shape index (κ3) is 3.07. The van der Waals surface area contributed by atoms with Crippen LogP contribution in [0, 0.1) is 5.92 Å². The molecule has 2 atom stereocenters.